The molecule has 1 aromatic carbocycles. The average Bonchev–Trinajstić information content (AvgIpc) is 2.67. The van der Waals surface area contributed by atoms with E-state index in [1.807, 2.05) is 0 Å². The first-order chi connectivity index (χ1) is 7.20. The summed E-state index contributed by atoms with van der Waals surface area (Å²) >= 11 is 7.23. The third kappa shape index (κ3) is 2.03. The van der Waals surface area contributed by atoms with Crippen molar-refractivity contribution < 1.29 is 8.78 Å². The van der Waals surface area contributed by atoms with Crippen LogP contribution in [0.1, 0.15) is 12.0 Å². The van der Waals surface area contributed by atoms with Gasteiger partial charge in [0.15, 0.2) is 0 Å². The van der Waals surface area contributed by atoms with E-state index in [4.69, 9.17) is 11.6 Å². The summed E-state index contributed by atoms with van der Waals surface area (Å²) < 4.78 is 25.3. The Bertz CT molecular complexity index is 465. The number of benzene rings is 1. The van der Waals surface area contributed by atoms with Gasteiger partial charge in [-0.15, -0.1) is 11.3 Å². The third-order valence-corrected chi connectivity index (χ3v) is 3.34. The summed E-state index contributed by atoms with van der Waals surface area (Å²) in [6.07, 6.45) is -2.46. The van der Waals surface area contributed by atoms with Gasteiger partial charge in [0.2, 0.25) is 0 Å². The summed E-state index contributed by atoms with van der Waals surface area (Å²) in [5.74, 6) is 0. The highest BCUT2D eigenvalue weighted by atomic mass is 35.5. The van der Waals surface area contributed by atoms with Crippen molar-refractivity contribution >= 4 is 22.9 Å². The van der Waals surface area contributed by atoms with E-state index < -0.39 is 6.43 Å². The molecule has 15 heavy (non-hydrogen) atoms. The summed E-state index contributed by atoms with van der Waals surface area (Å²) in [5, 5.41) is 2.15. The van der Waals surface area contributed by atoms with E-state index in [1.165, 1.54) is 17.4 Å². The van der Waals surface area contributed by atoms with Crippen molar-refractivity contribution in [3.8, 4) is 10.4 Å². The van der Waals surface area contributed by atoms with Crippen LogP contribution in [-0.4, -0.2) is 0 Å². The molecular weight excluding hydrogens is 238 g/mol. The number of thiophene rings is 1. The van der Waals surface area contributed by atoms with Gasteiger partial charge in [0, 0.05) is 21.0 Å². The average molecular weight is 245 g/mol. The molecule has 0 spiro atoms. The van der Waals surface area contributed by atoms with Gasteiger partial charge >= 0.3 is 0 Å². The fourth-order valence-corrected chi connectivity index (χ4v) is 2.59. The fourth-order valence-electron chi connectivity index (χ4n) is 1.36. The van der Waals surface area contributed by atoms with Gasteiger partial charge in [-0.05, 0) is 17.5 Å². The predicted octanol–water partition coefficient (Wildman–Crippen LogP) is 5.01. The molecule has 0 aliphatic carbocycles. The highest BCUT2D eigenvalue weighted by Crippen LogP contribution is 2.38. The van der Waals surface area contributed by atoms with Crippen LogP contribution in [0.4, 0.5) is 8.78 Å². The molecule has 4 heteroatoms. The van der Waals surface area contributed by atoms with E-state index in [2.05, 4.69) is 0 Å². The Hall–Kier alpha value is -0.930. The van der Waals surface area contributed by atoms with Gasteiger partial charge in [-0.2, -0.15) is 0 Å². The quantitative estimate of drug-likeness (QED) is 0.697. The molecule has 0 saturated heterocycles. The van der Waals surface area contributed by atoms with Crippen LogP contribution in [0.25, 0.3) is 10.4 Å². The van der Waals surface area contributed by atoms with Gasteiger partial charge in [-0.3, -0.25) is 0 Å². The topological polar surface area (TPSA) is 0 Å². The first-order valence-electron chi connectivity index (χ1n) is 4.30. The number of alkyl halides is 2. The zero-order valence-corrected chi connectivity index (χ0v) is 9.16. The van der Waals surface area contributed by atoms with Crippen molar-refractivity contribution in [2.75, 3.05) is 0 Å². The first kappa shape index (κ1) is 10.6. The lowest BCUT2D eigenvalue weighted by molar-refractivity contribution is 0.152. The molecule has 0 unspecified atom stereocenters. The van der Waals surface area contributed by atoms with Crippen molar-refractivity contribution in [3.05, 3.63) is 46.3 Å². The molecule has 0 aliphatic rings. The zero-order chi connectivity index (χ0) is 10.8. The van der Waals surface area contributed by atoms with Crippen LogP contribution in [0.5, 0.6) is 0 Å². The molecule has 0 amide bonds. The van der Waals surface area contributed by atoms with Crippen LogP contribution in [-0.2, 0) is 0 Å². The largest absolute Gasteiger partial charge is 0.265 e. The number of hydrogen-bond donors (Lipinski definition) is 0. The van der Waals surface area contributed by atoms with Gasteiger partial charge in [0.1, 0.15) is 0 Å². The normalized spacial score (nSPS) is 10.9. The molecule has 1 aromatic heterocycles. The van der Waals surface area contributed by atoms with Crippen LogP contribution in [0.3, 0.4) is 0 Å². The van der Waals surface area contributed by atoms with Crippen molar-refractivity contribution in [1.82, 2.24) is 0 Å². The van der Waals surface area contributed by atoms with Crippen molar-refractivity contribution in [2.45, 2.75) is 6.43 Å². The second-order valence-corrected chi connectivity index (χ2v) is 4.31. The van der Waals surface area contributed by atoms with E-state index in [0.29, 0.717) is 15.5 Å². The molecule has 2 rings (SSSR count). The molecule has 0 nitrogen and oxygen atoms in total. The van der Waals surface area contributed by atoms with Gasteiger partial charge < -0.3 is 0 Å². The van der Waals surface area contributed by atoms with E-state index in [9.17, 15) is 8.78 Å². The summed E-state index contributed by atoms with van der Waals surface area (Å²) in [6.45, 7) is 0. The molecule has 0 aliphatic heterocycles. The molecule has 0 saturated carbocycles. The maximum atomic E-state index is 12.6. The van der Waals surface area contributed by atoms with Crippen LogP contribution in [0.2, 0.25) is 5.02 Å². The Labute approximate surface area is 95.1 Å². The second kappa shape index (κ2) is 4.29. The van der Waals surface area contributed by atoms with Crippen molar-refractivity contribution in [2.24, 2.45) is 0 Å². The molecule has 1 heterocycles. The van der Waals surface area contributed by atoms with E-state index in [-0.39, 0.29) is 5.56 Å². The molecule has 0 radical (unpaired) electrons. The minimum absolute atomic E-state index is 0.0492. The first-order valence-corrected chi connectivity index (χ1v) is 5.56. The van der Waals surface area contributed by atoms with E-state index in [1.54, 1.807) is 29.6 Å². The maximum absolute atomic E-state index is 12.6. The lowest BCUT2D eigenvalue weighted by Gasteiger charge is -2.04. The Kier molecular flexibility index (Phi) is 3.03. The van der Waals surface area contributed by atoms with Gasteiger partial charge in [0.25, 0.3) is 6.43 Å². The molecule has 2 aromatic rings. The number of rotatable bonds is 2. The Balaban J connectivity index is 2.55. The molecular formula is C11H7ClF2S. The third-order valence-electron chi connectivity index (χ3n) is 2.05. The highest BCUT2D eigenvalue weighted by molar-refractivity contribution is 7.13. The van der Waals surface area contributed by atoms with Gasteiger partial charge in [0.05, 0.1) is 0 Å². The van der Waals surface area contributed by atoms with E-state index >= 15 is 0 Å². The maximum Gasteiger partial charge on any atom is 0.265 e. The summed E-state index contributed by atoms with van der Waals surface area (Å²) in [6, 6.07) is 8.46. The minimum Gasteiger partial charge on any atom is -0.205 e. The molecule has 78 valence electrons. The van der Waals surface area contributed by atoms with Gasteiger partial charge in [-0.25, -0.2) is 8.78 Å². The number of halogens is 3. The summed E-state index contributed by atoms with van der Waals surface area (Å²) in [4.78, 5) is 0.551. The van der Waals surface area contributed by atoms with E-state index in [0.717, 1.165) is 0 Å². The Morgan fingerprint density at radius 2 is 1.87 bits per heavy atom. The number of hydrogen-bond acceptors (Lipinski definition) is 1. The standard InChI is InChI=1S/C11H7ClF2S/c12-9-4-2-1-3-7(9)10-8(11(13)14)5-6-15-10/h1-6,11H. The Morgan fingerprint density at radius 1 is 1.13 bits per heavy atom. The van der Waals surface area contributed by atoms with Crippen LogP contribution >= 0.6 is 22.9 Å². The molecule has 0 N–H and O–H groups in total. The van der Waals surface area contributed by atoms with Crippen LogP contribution < -0.4 is 0 Å². The highest BCUT2D eigenvalue weighted by Gasteiger charge is 2.16. The van der Waals surface area contributed by atoms with Crippen molar-refractivity contribution in [1.29, 1.82) is 0 Å². The summed E-state index contributed by atoms with van der Waals surface area (Å²) in [7, 11) is 0. The second-order valence-electron chi connectivity index (χ2n) is 2.99. The summed E-state index contributed by atoms with van der Waals surface area (Å²) in [5.41, 5.74) is 0.720. The van der Waals surface area contributed by atoms with Crippen LogP contribution in [0, 0.1) is 0 Å². The lowest BCUT2D eigenvalue weighted by Crippen LogP contribution is -1.84. The van der Waals surface area contributed by atoms with Crippen LogP contribution in [0.15, 0.2) is 35.7 Å². The zero-order valence-electron chi connectivity index (χ0n) is 7.58. The smallest absolute Gasteiger partial charge is 0.205 e. The van der Waals surface area contributed by atoms with Gasteiger partial charge in [-0.1, -0.05) is 29.8 Å². The SMILES string of the molecule is FC(F)c1ccsc1-c1ccccc1Cl. The molecule has 0 fully saturated rings. The minimum atomic E-state index is -2.46. The fraction of sp³-hybridized carbons (Fsp3) is 0.0909. The monoisotopic (exact) mass is 244 g/mol. The predicted molar refractivity (Wildman–Crippen MR) is 59.7 cm³/mol. The molecule has 0 atom stereocenters. The van der Waals surface area contributed by atoms with Crippen molar-refractivity contribution in [3.63, 3.8) is 0 Å². The molecule has 0 bridgehead atoms. The Morgan fingerprint density at radius 3 is 2.53 bits per heavy atom. The lowest BCUT2D eigenvalue weighted by atomic mass is 10.1.